The van der Waals surface area contributed by atoms with E-state index in [1.807, 2.05) is 47.8 Å². The van der Waals surface area contributed by atoms with Gasteiger partial charge in [0.05, 0.1) is 19.8 Å². The van der Waals surface area contributed by atoms with Crippen LogP contribution in [0.5, 0.6) is 11.5 Å². The van der Waals surface area contributed by atoms with Crippen molar-refractivity contribution in [1.29, 1.82) is 0 Å². The van der Waals surface area contributed by atoms with Crippen molar-refractivity contribution in [2.75, 3.05) is 14.2 Å². The highest BCUT2D eigenvalue weighted by Gasteiger charge is 2.16. The molecule has 0 N–H and O–H groups in total. The van der Waals surface area contributed by atoms with Gasteiger partial charge in [-0.1, -0.05) is 17.3 Å². The first-order valence-corrected chi connectivity index (χ1v) is 8.92. The quantitative estimate of drug-likeness (QED) is 0.490. The van der Waals surface area contributed by atoms with Crippen LogP contribution < -0.4 is 9.47 Å². The van der Waals surface area contributed by atoms with E-state index in [4.69, 9.17) is 14.0 Å². The first-order chi connectivity index (χ1) is 12.8. The number of para-hydroxylation sites is 1. The van der Waals surface area contributed by atoms with Gasteiger partial charge in [0.1, 0.15) is 11.5 Å². The molecule has 0 aliphatic heterocycles. The third kappa shape index (κ3) is 2.95. The first-order valence-electron chi connectivity index (χ1n) is 7.98. The van der Waals surface area contributed by atoms with Gasteiger partial charge in [-0.3, -0.25) is 0 Å². The Morgan fingerprint density at radius 3 is 2.50 bits per heavy atom. The third-order valence-corrected chi connectivity index (χ3v) is 4.74. The molecule has 0 spiro atoms. The van der Waals surface area contributed by atoms with E-state index in [0.717, 1.165) is 28.0 Å². The van der Waals surface area contributed by atoms with E-state index in [2.05, 4.69) is 21.6 Å². The molecule has 0 aliphatic rings. The van der Waals surface area contributed by atoms with E-state index >= 15 is 0 Å². The lowest BCUT2D eigenvalue weighted by atomic mass is 10.1. The number of aromatic nitrogens is 2. The minimum Gasteiger partial charge on any atom is -0.496 e. The van der Waals surface area contributed by atoms with E-state index in [1.54, 1.807) is 25.6 Å². The third-order valence-electron chi connectivity index (χ3n) is 4.05. The van der Waals surface area contributed by atoms with Crippen LogP contribution in [-0.4, -0.2) is 24.4 Å². The molecule has 4 aromatic rings. The molecule has 0 saturated carbocycles. The van der Waals surface area contributed by atoms with Gasteiger partial charge in [0, 0.05) is 11.1 Å². The topological polar surface area (TPSA) is 57.4 Å². The minimum atomic E-state index is 0.432. The Labute approximate surface area is 154 Å². The maximum atomic E-state index is 5.55. The van der Waals surface area contributed by atoms with Crippen molar-refractivity contribution in [1.82, 2.24) is 10.1 Å². The molecule has 2 aromatic carbocycles. The monoisotopic (exact) mass is 364 g/mol. The Kier molecular flexibility index (Phi) is 4.41. The van der Waals surface area contributed by atoms with E-state index in [1.165, 1.54) is 0 Å². The summed E-state index contributed by atoms with van der Waals surface area (Å²) in [6, 6.07) is 15.5. The second-order valence-electron chi connectivity index (χ2n) is 5.55. The molecular formula is C20H16N2O3S. The SMILES string of the molecule is COc1cc(-c2nc(-c3ccccc3OC)no2)ccc1-c1ccsc1. The Hall–Kier alpha value is -3.12. The summed E-state index contributed by atoms with van der Waals surface area (Å²) in [5.41, 5.74) is 3.74. The standard InChI is InChI=1S/C20H16N2O3S/c1-23-17-6-4-3-5-16(17)19-21-20(25-22-19)13-7-8-15(18(11-13)24-2)14-9-10-26-12-14/h3-12H,1-2H3. The Morgan fingerprint density at radius 1 is 0.885 bits per heavy atom. The number of thiophene rings is 1. The smallest absolute Gasteiger partial charge is 0.258 e. The summed E-state index contributed by atoms with van der Waals surface area (Å²) < 4.78 is 16.4. The van der Waals surface area contributed by atoms with Crippen LogP contribution in [0, 0.1) is 0 Å². The van der Waals surface area contributed by atoms with Crippen LogP contribution in [0.2, 0.25) is 0 Å². The van der Waals surface area contributed by atoms with E-state index in [-0.39, 0.29) is 0 Å². The Morgan fingerprint density at radius 2 is 1.73 bits per heavy atom. The van der Waals surface area contributed by atoms with Crippen molar-refractivity contribution < 1.29 is 14.0 Å². The van der Waals surface area contributed by atoms with Gasteiger partial charge in [-0.05, 0) is 52.7 Å². The normalized spacial score (nSPS) is 10.7. The molecule has 26 heavy (non-hydrogen) atoms. The molecule has 6 heteroatoms. The van der Waals surface area contributed by atoms with Crippen LogP contribution >= 0.6 is 11.3 Å². The summed E-state index contributed by atoms with van der Waals surface area (Å²) in [5, 5.41) is 8.22. The van der Waals surface area contributed by atoms with Crippen LogP contribution in [0.1, 0.15) is 0 Å². The average Bonchev–Trinajstić information content (AvgIpc) is 3.39. The number of hydrogen-bond donors (Lipinski definition) is 0. The summed E-state index contributed by atoms with van der Waals surface area (Å²) in [6.45, 7) is 0. The summed E-state index contributed by atoms with van der Waals surface area (Å²) >= 11 is 1.65. The first kappa shape index (κ1) is 16.4. The van der Waals surface area contributed by atoms with Crippen LogP contribution in [0.25, 0.3) is 34.0 Å². The number of ether oxygens (including phenoxy) is 2. The van der Waals surface area contributed by atoms with Crippen molar-refractivity contribution in [3.05, 3.63) is 59.3 Å². The fourth-order valence-corrected chi connectivity index (χ4v) is 3.42. The largest absolute Gasteiger partial charge is 0.496 e. The van der Waals surface area contributed by atoms with Crippen molar-refractivity contribution in [3.8, 4) is 45.5 Å². The van der Waals surface area contributed by atoms with Crippen LogP contribution in [0.3, 0.4) is 0 Å². The Bertz CT molecular complexity index is 1030. The molecule has 5 nitrogen and oxygen atoms in total. The molecule has 0 amide bonds. The number of methoxy groups -OCH3 is 2. The fourth-order valence-electron chi connectivity index (χ4n) is 2.76. The van der Waals surface area contributed by atoms with Crippen LogP contribution in [-0.2, 0) is 0 Å². The molecule has 0 fully saturated rings. The lowest BCUT2D eigenvalue weighted by Crippen LogP contribution is -1.90. The van der Waals surface area contributed by atoms with Gasteiger partial charge in [0.2, 0.25) is 5.82 Å². The molecule has 0 bridgehead atoms. The fraction of sp³-hybridized carbons (Fsp3) is 0.100. The molecule has 0 atom stereocenters. The maximum absolute atomic E-state index is 5.55. The van der Waals surface area contributed by atoms with Gasteiger partial charge in [-0.25, -0.2) is 0 Å². The highest BCUT2D eigenvalue weighted by Crippen LogP contribution is 2.35. The van der Waals surface area contributed by atoms with Gasteiger partial charge in [-0.15, -0.1) is 0 Å². The number of rotatable bonds is 5. The van der Waals surface area contributed by atoms with Gasteiger partial charge in [0.15, 0.2) is 0 Å². The number of hydrogen-bond acceptors (Lipinski definition) is 6. The lowest BCUT2D eigenvalue weighted by molar-refractivity contribution is 0.412. The average molecular weight is 364 g/mol. The van der Waals surface area contributed by atoms with Crippen molar-refractivity contribution in [2.24, 2.45) is 0 Å². The summed E-state index contributed by atoms with van der Waals surface area (Å²) in [5.74, 6) is 2.38. The highest BCUT2D eigenvalue weighted by atomic mass is 32.1. The summed E-state index contributed by atoms with van der Waals surface area (Å²) in [7, 11) is 3.27. The number of benzene rings is 2. The van der Waals surface area contributed by atoms with E-state index in [9.17, 15) is 0 Å². The van der Waals surface area contributed by atoms with Gasteiger partial charge in [0.25, 0.3) is 5.89 Å². The zero-order chi connectivity index (χ0) is 17.9. The number of nitrogens with zero attached hydrogens (tertiary/aromatic N) is 2. The zero-order valence-electron chi connectivity index (χ0n) is 14.3. The van der Waals surface area contributed by atoms with Gasteiger partial charge >= 0.3 is 0 Å². The minimum absolute atomic E-state index is 0.432. The molecule has 4 rings (SSSR count). The molecule has 2 heterocycles. The summed E-state index contributed by atoms with van der Waals surface area (Å²) in [6.07, 6.45) is 0. The Balaban J connectivity index is 1.72. The predicted octanol–water partition coefficient (Wildman–Crippen LogP) is 5.15. The maximum Gasteiger partial charge on any atom is 0.258 e. The van der Waals surface area contributed by atoms with Crippen molar-refractivity contribution >= 4 is 11.3 Å². The highest BCUT2D eigenvalue weighted by molar-refractivity contribution is 7.08. The van der Waals surface area contributed by atoms with Crippen molar-refractivity contribution in [3.63, 3.8) is 0 Å². The molecular weight excluding hydrogens is 348 g/mol. The van der Waals surface area contributed by atoms with E-state index in [0.29, 0.717) is 17.5 Å². The summed E-state index contributed by atoms with van der Waals surface area (Å²) in [4.78, 5) is 4.52. The second-order valence-corrected chi connectivity index (χ2v) is 6.33. The lowest BCUT2D eigenvalue weighted by Gasteiger charge is -2.08. The molecule has 0 radical (unpaired) electrons. The van der Waals surface area contributed by atoms with Gasteiger partial charge in [-0.2, -0.15) is 16.3 Å². The molecule has 0 aliphatic carbocycles. The molecule has 0 saturated heterocycles. The van der Waals surface area contributed by atoms with Crippen molar-refractivity contribution in [2.45, 2.75) is 0 Å². The van der Waals surface area contributed by atoms with Crippen LogP contribution in [0.15, 0.2) is 63.8 Å². The van der Waals surface area contributed by atoms with Crippen LogP contribution in [0.4, 0.5) is 0 Å². The van der Waals surface area contributed by atoms with Gasteiger partial charge < -0.3 is 14.0 Å². The molecule has 0 unspecified atom stereocenters. The van der Waals surface area contributed by atoms with E-state index < -0.39 is 0 Å². The predicted molar refractivity (Wildman–Crippen MR) is 102 cm³/mol. The zero-order valence-corrected chi connectivity index (χ0v) is 15.1. The molecule has 2 aromatic heterocycles. The second kappa shape index (κ2) is 7.01. The molecule has 130 valence electrons.